The Labute approximate surface area is 116 Å². The monoisotopic (exact) mass is 269 g/mol. The number of rotatable bonds is 3. The van der Waals surface area contributed by atoms with Crippen molar-refractivity contribution < 1.29 is 4.79 Å². The van der Waals surface area contributed by atoms with E-state index in [0.717, 1.165) is 29.6 Å². The number of pyridine rings is 1. The van der Waals surface area contributed by atoms with E-state index in [4.69, 9.17) is 0 Å². The van der Waals surface area contributed by atoms with E-state index in [1.54, 1.807) is 12.3 Å². The fraction of sp³-hybridized carbons (Fsp3) is 0.214. The highest BCUT2D eigenvalue weighted by Crippen LogP contribution is 2.20. The zero-order valence-electron chi connectivity index (χ0n) is 11.1. The van der Waals surface area contributed by atoms with E-state index in [9.17, 15) is 4.79 Å². The van der Waals surface area contributed by atoms with Crippen molar-refractivity contribution in [3.63, 3.8) is 0 Å². The van der Waals surface area contributed by atoms with Crippen molar-refractivity contribution in [3.8, 4) is 0 Å². The summed E-state index contributed by atoms with van der Waals surface area (Å²) in [6.45, 7) is 2.84. The lowest BCUT2D eigenvalue weighted by atomic mass is 10.2. The van der Waals surface area contributed by atoms with Crippen LogP contribution in [0.2, 0.25) is 0 Å². The summed E-state index contributed by atoms with van der Waals surface area (Å²) in [7, 11) is 0. The molecule has 102 valence electrons. The predicted octanol–water partition coefficient (Wildman–Crippen LogP) is 1.39. The number of aromatic amines is 1. The number of hydrogen-bond acceptors (Lipinski definition) is 4. The fourth-order valence-electron chi connectivity index (χ4n) is 2.04. The molecule has 0 saturated heterocycles. The number of carbonyl (C=O) groups is 1. The Kier molecular flexibility index (Phi) is 3.20. The third-order valence-corrected chi connectivity index (χ3v) is 3.01. The number of fused-ring (bicyclic) bond motifs is 1. The smallest absolute Gasteiger partial charge is 0.276 e. The van der Waals surface area contributed by atoms with Crippen LogP contribution in [0.5, 0.6) is 0 Å². The molecule has 2 aromatic heterocycles. The minimum Gasteiger partial charge on any atom is -0.356 e. The molecule has 1 aliphatic rings. The summed E-state index contributed by atoms with van der Waals surface area (Å²) in [4.78, 5) is 23.4. The molecule has 3 N–H and O–H groups in total. The Hall–Kier alpha value is -2.63. The van der Waals surface area contributed by atoms with E-state index in [1.165, 1.54) is 0 Å². The van der Waals surface area contributed by atoms with Gasteiger partial charge in [0.25, 0.3) is 5.91 Å². The van der Waals surface area contributed by atoms with Crippen LogP contribution in [0.4, 0.5) is 0 Å². The summed E-state index contributed by atoms with van der Waals surface area (Å²) in [6, 6.07) is 3.82. The summed E-state index contributed by atoms with van der Waals surface area (Å²) in [5.74, 6) is 0.322. The second-order valence-corrected chi connectivity index (χ2v) is 4.51. The molecule has 3 heterocycles. The first-order valence-electron chi connectivity index (χ1n) is 6.55. The first-order valence-corrected chi connectivity index (χ1v) is 6.55. The summed E-state index contributed by atoms with van der Waals surface area (Å²) < 4.78 is 0. The van der Waals surface area contributed by atoms with E-state index in [-0.39, 0.29) is 5.91 Å². The summed E-state index contributed by atoms with van der Waals surface area (Å²) in [5, 5.41) is 6.74. The largest absolute Gasteiger partial charge is 0.356 e. The van der Waals surface area contributed by atoms with Crippen molar-refractivity contribution >= 4 is 29.0 Å². The zero-order valence-corrected chi connectivity index (χ0v) is 11.1. The molecule has 0 radical (unpaired) electrons. The van der Waals surface area contributed by atoms with Crippen molar-refractivity contribution in [3.05, 3.63) is 35.8 Å². The van der Waals surface area contributed by atoms with E-state index >= 15 is 0 Å². The van der Waals surface area contributed by atoms with Crippen LogP contribution in [0.15, 0.2) is 35.2 Å². The van der Waals surface area contributed by atoms with Crippen LogP contribution in [-0.4, -0.2) is 28.4 Å². The molecule has 0 aromatic carbocycles. The summed E-state index contributed by atoms with van der Waals surface area (Å²) in [5.41, 5.74) is 2.10. The van der Waals surface area contributed by atoms with E-state index in [0.29, 0.717) is 11.7 Å². The predicted molar refractivity (Wildman–Crippen MR) is 77.9 cm³/mol. The second-order valence-electron chi connectivity index (χ2n) is 4.51. The van der Waals surface area contributed by atoms with Crippen LogP contribution in [0.1, 0.15) is 18.9 Å². The topological polar surface area (TPSA) is 82.2 Å². The highest BCUT2D eigenvalue weighted by molar-refractivity contribution is 6.14. The highest BCUT2D eigenvalue weighted by Gasteiger charge is 2.19. The lowest BCUT2D eigenvalue weighted by Gasteiger charge is -2.01. The number of amides is 1. The maximum atomic E-state index is 11.9. The van der Waals surface area contributed by atoms with Gasteiger partial charge in [0.1, 0.15) is 11.3 Å². The summed E-state index contributed by atoms with van der Waals surface area (Å²) in [6.07, 6.45) is 6.28. The highest BCUT2D eigenvalue weighted by atomic mass is 16.2. The number of aromatic nitrogens is 2. The average Bonchev–Trinajstić information content (AvgIpc) is 3.02. The maximum Gasteiger partial charge on any atom is 0.276 e. The van der Waals surface area contributed by atoms with Crippen molar-refractivity contribution in [2.75, 3.05) is 6.54 Å². The van der Waals surface area contributed by atoms with Gasteiger partial charge in [0.2, 0.25) is 5.96 Å². The molecule has 0 spiro atoms. The van der Waals surface area contributed by atoms with Crippen LogP contribution < -0.4 is 10.6 Å². The number of hydrogen-bond donors (Lipinski definition) is 3. The molecule has 0 aliphatic carbocycles. The lowest BCUT2D eigenvalue weighted by Crippen LogP contribution is -2.36. The van der Waals surface area contributed by atoms with Crippen LogP contribution in [0.25, 0.3) is 17.1 Å². The molecule has 1 aliphatic heterocycles. The van der Waals surface area contributed by atoms with Crippen LogP contribution >= 0.6 is 0 Å². The molecular weight excluding hydrogens is 254 g/mol. The minimum absolute atomic E-state index is 0.193. The number of carbonyl (C=O) groups excluding carboxylic acids is 1. The Morgan fingerprint density at radius 3 is 3.20 bits per heavy atom. The third kappa shape index (κ3) is 2.27. The SMILES string of the molecule is CCCNC1=N/C(=C\c2c[nH]c3ncccc23)C(=O)N1. The lowest BCUT2D eigenvalue weighted by molar-refractivity contribution is -0.115. The Balaban J connectivity index is 1.91. The zero-order chi connectivity index (χ0) is 13.9. The van der Waals surface area contributed by atoms with Crippen LogP contribution in [0.3, 0.4) is 0 Å². The standard InChI is InChI=1S/C14H15N5O/c1-2-5-16-14-18-11(13(20)19-14)7-9-8-17-12-10(9)4-3-6-15-12/h3-4,6-8H,2,5H2,1H3,(H,15,17)(H2,16,18,19,20)/b11-7-. The number of guanidine groups is 1. The molecule has 6 nitrogen and oxygen atoms in total. The molecule has 0 bridgehead atoms. The number of nitrogens with zero attached hydrogens (tertiary/aromatic N) is 2. The molecule has 3 rings (SSSR count). The Bertz CT molecular complexity index is 713. The molecule has 1 amide bonds. The van der Waals surface area contributed by atoms with Gasteiger partial charge in [0.15, 0.2) is 0 Å². The molecular formula is C14H15N5O. The van der Waals surface area contributed by atoms with Gasteiger partial charge in [-0.3, -0.25) is 10.1 Å². The molecule has 0 unspecified atom stereocenters. The van der Waals surface area contributed by atoms with E-state index in [1.807, 2.05) is 18.3 Å². The van der Waals surface area contributed by atoms with Gasteiger partial charge < -0.3 is 10.3 Å². The molecule has 6 heteroatoms. The first-order chi connectivity index (χ1) is 9.78. The number of H-pyrrole nitrogens is 1. The molecule has 0 atom stereocenters. The van der Waals surface area contributed by atoms with Gasteiger partial charge in [-0.15, -0.1) is 0 Å². The van der Waals surface area contributed by atoms with Gasteiger partial charge in [-0.2, -0.15) is 0 Å². The molecule has 0 saturated carbocycles. The van der Waals surface area contributed by atoms with E-state index in [2.05, 4.69) is 32.5 Å². The minimum atomic E-state index is -0.193. The van der Waals surface area contributed by atoms with Crippen molar-refractivity contribution in [1.82, 2.24) is 20.6 Å². The normalized spacial score (nSPS) is 16.6. The van der Waals surface area contributed by atoms with Crippen LogP contribution in [0, 0.1) is 0 Å². The van der Waals surface area contributed by atoms with Gasteiger partial charge in [0.05, 0.1) is 0 Å². The maximum absolute atomic E-state index is 11.9. The number of nitrogens with one attached hydrogen (secondary N) is 3. The van der Waals surface area contributed by atoms with Gasteiger partial charge in [0, 0.05) is 29.9 Å². The molecule has 0 fully saturated rings. The third-order valence-electron chi connectivity index (χ3n) is 3.01. The second kappa shape index (κ2) is 5.16. The van der Waals surface area contributed by atoms with Crippen molar-refractivity contribution in [1.29, 1.82) is 0 Å². The fourth-order valence-corrected chi connectivity index (χ4v) is 2.04. The van der Waals surface area contributed by atoms with Gasteiger partial charge in [-0.05, 0) is 24.6 Å². The van der Waals surface area contributed by atoms with Crippen molar-refractivity contribution in [2.24, 2.45) is 4.99 Å². The van der Waals surface area contributed by atoms with Crippen LogP contribution in [-0.2, 0) is 4.79 Å². The van der Waals surface area contributed by atoms with Gasteiger partial charge >= 0.3 is 0 Å². The summed E-state index contributed by atoms with van der Waals surface area (Å²) >= 11 is 0. The van der Waals surface area contributed by atoms with Gasteiger partial charge in [-0.25, -0.2) is 9.98 Å². The quantitative estimate of drug-likeness (QED) is 0.736. The molecule has 20 heavy (non-hydrogen) atoms. The Morgan fingerprint density at radius 1 is 1.45 bits per heavy atom. The van der Waals surface area contributed by atoms with Gasteiger partial charge in [-0.1, -0.05) is 6.92 Å². The Morgan fingerprint density at radius 2 is 2.35 bits per heavy atom. The molecule has 2 aromatic rings. The average molecular weight is 269 g/mol. The first kappa shape index (κ1) is 12.4. The van der Waals surface area contributed by atoms with Crippen molar-refractivity contribution in [2.45, 2.75) is 13.3 Å². The number of aliphatic imine (C=N–C) groups is 1. The van der Waals surface area contributed by atoms with E-state index < -0.39 is 0 Å².